The van der Waals surface area contributed by atoms with Crippen molar-refractivity contribution < 1.29 is 23.6 Å². The molecule has 1 unspecified atom stereocenters. The van der Waals surface area contributed by atoms with Crippen LogP contribution in [0.1, 0.15) is 35.0 Å². The lowest BCUT2D eigenvalue weighted by atomic mass is 10.2. The highest BCUT2D eigenvalue weighted by molar-refractivity contribution is 5.95. The van der Waals surface area contributed by atoms with Gasteiger partial charge in [-0.2, -0.15) is 0 Å². The van der Waals surface area contributed by atoms with E-state index >= 15 is 0 Å². The maximum absolute atomic E-state index is 12.4. The van der Waals surface area contributed by atoms with Crippen LogP contribution in [-0.4, -0.2) is 54.8 Å². The number of carbonyl (C=O) groups is 2. The smallest absolute Gasteiger partial charge is 0.331 e. The third kappa shape index (κ3) is 2.40. The molecule has 0 bridgehead atoms. The van der Waals surface area contributed by atoms with E-state index in [1.165, 1.54) is 12.0 Å². The van der Waals surface area contributed by atoms with Crippen LogP contribution in [0.2, 0.25) is 0 Å². The molecule has 3 rings (SSSR count). The Bertz CT molecular complexity index is 523. The first-order valence-corrected chi connectivity index (χ1v) is 6.64. The number of esters is 1. The van der Waals surface area contributed by atoms with Crippen LogP contribution < -0.4 is 0 Å². The highest BCUT2D eigenvalue weighted by Crippen LogP contribution is 2.40. The summed E-state index contributed by atoms with van der Waals surface area (Å²) in [5.41, 5.74) is 0.239. The first-order valence-electron chi connectivity index (χ1n) is 6.64. The van der Waals surface area contributed by atoms with Crippen LogP contribution in [0.5, 0.6) is 0 Å². The summed E-state index contributed by atoms with van der Waals surface area (Å²) >= 11 is 0. The highest BCUT2D eigenvalue weighted by Gasteiger charge is 2.36. The molecule has 0 N–H and O–H groups in total. The van der Waals surface area contributed by atoms with Gasteiger partial charge in [0.25, 0.3) is 5.91 Å². The van der Waals surface area contributed by atoms with Gasteiger partial charge in [-0.3, -0.25) is 4.79 Å². The van der Waals surface area contributed by atoms with Crippen molar-refractivity contribution in [2.75, 3.05) is 26.9 Å². The molecule has 0 radical (unpaired) electrons. The first kappa shape index (κ1) is 13.1. The zero-order chi connectivity index (χ0) is 14.1. The molecule has 1 atom stereocenters. The Labute approximate surface area is 115 Å². The molecule has 1 aromatic rings. The topological polar surface area (TPSA) is 81.9 Å². The monoisotopic (exact) mass is 280 g/mol. The van der Waals surface area contributed by atoms with Crippen molar-refractivity contribution in [3.8, 4) is 0 Å². The van der Waals surface area contributed by atoms with Crippen LogP contribution in [0.15, 0.2) is 10.6 Å². The number of hydrogen-bond acceptors (Lipinski definition) is 6. The van der Waals surface area contributed by atoms with Crippen molar-refractivity contribution >= 4 is 11.9 Å². The number of morpholine rings is 1. The predicted octanol–water partition coefficient (Wildman–Crippen LogP) is 0.566. The minimum atomic E-state index is -0.720. The van der Waals surface area contributed by atoms with E-state index < -0.39 is 12.0 Å². The summed E-state index contributed by atoms with van der Waals surface area (Å²) in [6.07, 6.45) is 2.15. The Balaban J connectivity index is 1.77. The van der Waals surface area contributed by atoms with Gasteiger partial charge >= 0.3 is 5.97 Å². The summed E-state index contributed by atoms with van der Waals surface area (Å²) in [5.74, 6) is 0.338. The van der Waals surface area contributed by atoms with Gasteiger partial charge in [-0.25, -0.2) is 4.79 Å². The molecule has 1 aliphatic heterocycles. The van der Waals surface area contributed by atoms with E-state index in [9.17, 15) is 9.59 Å². The Hall–Kier alpha value is -1.89. The molecule has 0 spiro atoms. The zero-order valence-corrected chi connectivity index (χ0v) is 11.2. The minimum absolute atomic E-state index is 0.145. The van der Waals surface area contributed by atoms with E-state index in [-0.39, 0.29) is 18.2 Å². The maximum Gasteiger partial charge on any atom is 0.331 e. The van der Waals surface area contributed by atoms with Crippen LogP contribution in [-0.2, 0) is 14.3 Å². The molecule has 0 aromatic carbocycles. The summed E-state index contributed by atoms with van der Waals surface area (Å²) in [5, 5.41) is 3.81. The molecule has 7 nitrogen and oxygen atoms in total. The summed E-state index contributed by atoms with van der Waals surface area (Å²) < 4.78 is 15.1. The molecule has 1 aromatic heterocycles. The fraction of sp³-hybridized carbons (Fsp3) is 0.615. The van der Waals surface area contributed by atoms with E-state index in [0.717, 1.165) is 18.6 Å². The number of amides is 1. The van der Waals surface area contributed by atoms with Gasteiger partial charge in [0.2, 0.25) is 0 Å². The van der Waals surface area contributed by atoms with Gasteiger partial charge in [0.15, 0.2) is 11.7 Å². The van der Waals surface area contributed by atoms with Gasteiger partial charge in [0, 0.05) is 18.5 Å². The molecule has 1 saturated heterocycles. The SMILES string of the molecule is COC(=O)C1COCCN1C(=O)c1cc(C2CC2)on1. The molecule has 1 saturated carbocycles. The average Bonchev–Trinajstić information content (AvgIpc) is 3.23. The van der Waals surface area contributed by atoms with Crippen LogP contribution >= 0.6 is 0 Å². The molecule has 1 amide bonds. The molecule has 2 heterocycles. The van der Waals surface area contributed by atoms with Crippen LogP contribution in [0.3, 0.4) is 0 Å². The van der Waals surface area contributed by atoms with E-state index in [1.54, 1.807) is 6.07 Å². The van der Waals surface area contributed by atoms with E-state index in [1.807, 2.05) is 0 Å². The molecule has 1 aliphatic carbocycles. The predicted molar refractivity (Wildman–Crippen MR) is 66.1 cm³/mol. The molecular weight excluding hydrogens is 264 g/mol. The van der Waals surface area contributed by atoms with Crippen molar-refractivity contribution in [1.29, 1.82) is 0 Å². The third-order valence-electron chi connectivity index (χ3n) is 3.59. The molecule has 2 aliphatic rings. The third-order valence-corrected chi connectivity index (χ3v) is 3.59. The maximum atomic E-state index is 12.4. The van der Waals surface area contributed by atoms with E-state index in [0.29, 0.717) is 19.1 Å². The highest BCUT2D eigenvalue weighted by atomic mass is 16.5. The normalized spacial score (nSPS) is 22.6. The van der Waals surface area contributed by atoms with Crippen molar-refractivity contribution in [2.45, 2.75) is 24.8 Å². The van der Waals surface area contributed by atoms with Gasteiger partial charge in [0.1, 0.15) is 5.76 Å². The van der Waals surface area contributed by atoms with Gasteiger partial charge in [0.05, 0.1) is 20.3 Å². The lowest BCUT2D eigenvalue weighted by Gasteiger charge is -2.32. The summed E-state index contributed by atoms with van der Waals surface area (Å²) in [6.45, 7) is 0.878. The zero-order valence-electron chi connectivity index (χ0n) is 11.2. The average molecular weight is 280 g/mol. The van der Waals surface area contributed by atoms with Crippen molar-refractivity contribution in [3.05, 3.63) is 17.5 Å². The second-order valence-corrected chi connectivity index (χ2v) is 5.00. The number of hydrogen-bond donors (Lipinski definition) is 0. The number of methoxy groups -OCH3 is 1. The first-order chi connectivity index (χ1) is 9.70. The summed E-state index contributed by atoms with van der Waals surface area (Å²) in [4.78, 5) is 25.6. The summed E-state index contributed by atoms with van der Waals surface area (Å²) in [6, 6.07) is 0.950. The standard InChI is InChI=1S/C13H16N2O5/c1-18-13(17)10-7-19-5-4-15(10)12(16)9-6-11(20-14-9)8-2-3-8/h6,8,10H,2-5,7H2,1H3. The van der Waals surface area contributed by atoms with Gasteiger partial charge in [-0.15, -0.1) is 0 Å². The molecule has 20 heavy (non-hydrogen) atoms. The van der Waals surface area contributed by atoms with E-state index in [2.05, 4.69) is 5.16 Å². The lowest BCUT2D eigenvalue weighted by molar-refractivity contribution is -0.151. The number of ether oxygens (including phenoxy) is 2. The van der Waals surface area contributed by atoms with Gasteiger partial charge < -0.3 is 18.9 Å². The fourth-order valence-electron chi connectivity index (χ4n) is 2.28. The second kappa shape index (κ2) is 5.24. The Morgan fingerprint density at radius 1 is 1.45 bits per heavy atom. The fourth-order valence-corrected chi connectivity index (χ4v) is 2.28. The van der Waals surface area contributed by atoms with Gasteiger partial charge in [-0.1, -0.05) is 5.16 Å². The lowest BCUT2D eigenvalue weighted by Crippen LogP contribution is -2.53. The van der Waals surface area contributed by atoms with Crippen molar-refractivity contribution in [3.63, 3.8) is 0 Å². The number of aromatic nitrogens is 1. The quantitative estimate of drug-likeness (QED) is 0.753. The molecule has 108 valence electrons. The van der Waals surface area contributed by atoms with Gasteiger partial charge in [-0.05, 0) is 12.8 Å². The number of rotatable bonds is 3. The number of carbonyl (C=O) groups excluding carboxylic acids is 2. The van der Waals surface area contributed by atoms with Crippen LogP contribution in [0.25, 0.3) is 0 Å². The Kier molecular flexibility index (Phi) is 3.43. The van der Waals surface area contributed by atoms with Crippen LogP contribution in [0, 0.1) is 0 Å². The van der Waals surface area contributed by atoms with Crippen molar-refractivity contribution in [2.24, 2.45) is 0 Å². The second-order valence-electron chi connectivity index (χ2n) is 5.00. The Morgan fingerprint density at radius 3 is 2.95 bits per heavy atom. The van der Waals surface area contributed by atoms with E-state index in [4.69, 9.17) is 14.0 Å². The Morgan fingerprint density at radius 2 is 2.25 bits per heavy atom. The molecular formula is C13H16N2O5. The minimum Gasteiger partial charge on any atom is -0.467 e. The molecule has 2 fully saturated rings. The number of nitrogens with zero attached hydrogens (tertiary/aromatic N) is 2. The van der Waals surface area contributed by atoms with Crippen molar-refractivity contribution in [1.82, 2.24) is 10.1 Å². The summed E-state index contributed by atoms with van der Waals surface area (Å²) in [7, 11) is 1.29. The largest absolute Gasteiger partial charge is 0.467 e. The molecule has 7 heteroatoms. The van der Waals surface area contributed by atoms with Crippen LogP contribution in [0.4, 0.5) is 0 Å².